The normalized spacial score (nSPS) is 12.5. The van der Waals surface area contributed by atoms with E-state index in [1.807, 2.05) is 31.3 Å². The maximum Gasteiger partial charge on any atom is 0.250 e. The molecule has 1 unspecified atom stereocenters. The van der Waals surface area contributed by atoms with Gasteiger partial charge in [0.15, 0.2) is 17.3 Å². The molecule has 0 saturated heterocycles. The first-order valence-corrected chi connectivity index (χ1v) is 8.15. The Balaban J connectivity index is 2.06. The summed E-state index contributed by atoms with van der Waals surface area (Å²) in [7, 11) is 3.54. The Morgan fingerprint density at radius 1 is 1.29 bits per heavy atom. The van der Waals surface area contributed by atoms with E-state index >= 15 is 0 Å². The fourth-order valence-electron chi connectivity index (χ4n) is 2.08. The summed E-state index contributed by atoms with van der Waals surface area (Å²) in [6.45, 7) is 4.81. The standard InChI is InChI=1S/C18H25N3O3/c1-5-10-23-15-8-6-14(12-16(15)22-4)7-9-18-20-17(21-24-18)11-13(2)19-3/h6-9,12-13,19H,5,10-11H2,1-4H3/b9-7+. The van der Waals surface area contributed by atoms with E-state index in [-0.39, 0.29) is 0 Å². The molecule has 0 fully saturated rings. The van der Waals surface area contributed by atoms with E-state index in [2.05, 4.69) is 29.3 Å². The number of likely N-dealkylation sites (N-methyl/N-ethyl adjacent to an activating group) is 1. The van der Waals surface area contributed by atoms with Gasteiger partial charge in [-0.05, 0) is 44.2 Å². The first-order valence-electron chi connectivity index (χ1n) is 8.15. The summed E-state index contributed by atoms with van der Waals surface area (Å²) >= 11 is 0. The monoisotopic (exact) mass is 331 g/mol. The van der Waals surface area contributed by atoms with Crippen LogP contribution in [0.2, 0.25) is 0 Å². The molecule has 0 radical (unpaired) electrons. The molecule has 6 nitrogen and oxygen atoms in total. The van der Waals surface area contributed by atoms with E-state index in [1.165, 1.54) is 0 Å². The summed E-state index contributed by atoms with van der Waals surface area (Å²) < 4.78 is 16.3. The first-order chi connectivity index (χ1) is 11.7. The highest BCUT2D eigenvalue weighted by Gasteiger charge is 2.08. The van der Waals surface area contributed by atoms with E-state index in [0.717, 1.165) is 24.2 Å². The fraction of sp³-hybridized carbons (Fsp3) is 0.444. The lowest BCUT2D eigenvalue weighted by Gasteiger charge is -2.10. The van der Waals surface area contributed by atoms with Gasteiger partial charge in [0, 0.05) is 18.5 Å². The average Bonchev–Trinajstić information content (AvgIpc) is 3.05. The van der Waals surface area contributed by atoms with Crippen LogP contribution in [0.5, 0.6) is 11.5 Å². The van der Waals surface area contributed by atoms with Crippen molar-refractivity contribution < 1.29 is 14.0 Å². The van der Waals surface area contributed by atoms with Gasteiger partial charge in [-0.3, -0.25) is 0 Å². The summed E-state index contributed by atoms with van der Waals surface area (Å²) in [5.41, 5.74) is 0.971. The van der Waals surface area contributed by atoms with Crippen molar-refractivity contribution >= 4 is 12.2 Å². The lowest BCUT2D eigenvalue weighted by Crippen LogP contribution is -2.24. The molecule has 1 heterocycles. The third kappa shape index (κ3) is 5.09. The number of aromatic nitrogens is 2. The van der Waals surface area contributed by atoms with Crippen LogP contribution in [0.4, 0.5) is 0 Å². The Hall–Kier alpha value is -2.34. The SMILES string of the molecule is CCCOc1ccc(/C=C/c2nc(CC(C)NC)no2)cc1OC. The average molecular weight is 331 g/mol. The van der Waals surface area contributed by atoms with E-state index in [9.17, 15) is 0 Å². The van der Waals surface area contributed by atoms with Crippen LogP contribution in [-0.4, -0.2) is 36.9 Å². The van der Waals surface area contributed by atoms with Crippen LogP contribution in [0.1, 0.15) is 37.5 Å². The maximum atomic E-state index is 5.65. The molecule has 1 atom stereocenters. The van der Waals surface area contributed by atoms with Crippen molar-refractivity contribution in [3.63, 3.8) is 0 Å². The molecule has 2 aromatic rings. The van der Waals surface area contributed by atoms with Crippen molar-refractivity contribution in [2.75, 3.05) is 20.8 Å². The molecule has 1 N–H and O–H groups in total. The lowest BCUT2D eigenvalue weighted by molar-refractivity contribution is 0.294. The summed E-state index contributed by atoms with van der Waals surface area (Å²) in [4.78, 5) is 4.35. The van der Waals surface area contributed by atoms with Crippen molar-refractivity contribution in [2.45, 2.75) is 32.7 Å². The highest BCUT2D eigenvalue weighted by Crippen LogP contribution is 2.28. The molecule has 2 rings (SSSR count). The smallest absolute Gasteiger partial charge is 0.250 e. The predicted octanol–water partition coefficient (Wildman–Crippen LogP) is 3.19. The van der Waals surface area contributed by atoms with Gasteiger partial charge in [-0.1, -0.05) is 18.1 Å². The summed E-state index contributed by atoms with van der Waals surface area (Å²) in [6, 6.07) is 6.09. The van der Waals surface area contributed by atoms with Gasteiger partial charge in [0.2, 0.25) is 0 Å². The largest absolute Gasteiger partial charge is 0.493 e. The Labute approximate surface area is 142 Å². The second kappa shape index (κ2) is 9.08. The van der Waals surface area contributed by atoms with Gasteiger partial charge < -0.3 is 19.3 Å². The number of nitrogens with one attached hydrogen (secondary N) is 1. The summed E-state index contributed by atoms with van der Waals surface area (Å²) in [6.07, 6.45) is 5.38. The van der Waals surface area contributed by atoms with Crippen LogP contribution >= 0.6 is 0 Å². The Morgan fingerprint density at radius 3 is 2.83 bits per heavy atom. The van der Waals surface area contributed by atoms with Crippen LogP contribution < -0.4 is 14.8 Å². The third-order valence-corrected chi connectivity index (χ3v) is 3.53. The van der Waals surface area contributed by atoms with Crippen LogP contribution in [0, 0.1) is 0 Å². The van der Waals surface area contributed by atoms with Crippen molar-refractivity contribution in [3.05, 3.63) is 35.5 Å². The van der Waals surface area contributed by atoms with Gasteiger partial charge >= 0.3 is 0 Å². The minimum absolute atomic E-state index is 0.305. The van der Waals surface area contributed by atoms with Gasteiger partial charge in [0.25, 0.3) is 5.89 Å². The number of rotatable bonds is 9. The number of methoxy groups -OCH3 is 1. The number of benzene rings is 1. The predicted molar refractivity (Wildman–Crippen MR) is 94.2 cm³/mol. The number of hydrogen-bond donors (Lipinski definition) is 1. The molecule has 1 aromatic carbocycles. The number of hydrogen-bond acceptors (Lipinski definition) is 6. The van der Waals surface area contributed by atoms with Gasteiger partial charge in [0.05, 0.1) is 13.7 Å². The quantitative estimate of drug-likeness (QED) is 0.761. The van der Waals surface area contributed by atoms with Crippen LogP contribution in [0.15, 0.2) is 22.7 Å². The minimum Gasteiger partial charge on any atom is -0.493 e. The highest BCUT2D eigenvalue weighted by molar-refractivity contribution is 5.67. The molecule has 1 aromatic heterocycles. The highest BCUT2D eigenvalue weighted by atomic mass is 16.5. The van der Waals surface area contributed by atoms with Crippen molar-refractivity contribution in [2.24, 2.45) is 0 Å². The Bertz CT molecular complexity index is 667. The third-order valence-electron chi connectivity index (χ3n) is 3.53. The Kier molecular flexibility index (Phi) is 6.81. The number of nitrogens with zero attached hydrogens (tertiary/aromatic N) is 2. The van der Waals surface area contributed by atoms with E-state index in [1.54, 1.807) is 13.2 Å². The molecule has 0 aliphatic heterocycles. The zero-order valence-electron chi connectivity index (χ0n) is 14.7. The van der Waals surface area contributed by atoms with Crippen LogP contribution in [-0.2, 0) is 6.42 Å². The molecule has 0 saturated carbocycles. The molecule has 24 heavy (non-hydrogen) atoms. The summed E-state index contributed by atoms with van der Waals surface area (Å²) in [5, 5.41) is 7.12. The molecule has 0 bridgehead atoms. The zero-order chi connectivity index (χ0) is 17.4. The van der Waals surface area contributed by atoms with Gasteiger partial charge in [-0.2, -0.15) is 4.98 Å². The van der Waals surface area contributed by atoms with Crippen molar-refractivity contribution in [1.29, 1.82) is 0 Å². The van der Waals surface area contributed by atoms with E-state index < -0.39 is 0 Å². The first kappa shape index (κ1) is 18.0. The van der Waals surface area contributed by atoms with E-state index in [4.69, 9.17) is 14.0 Å². The van der Waals surface area contributed by atoms with Crippen molar-refractivity contribution in [1.82, 2.24) is 15.5 Å². The molecule has 130 valence electrons. The van der Waals surface area contributed by atoms with Gasteiger partial charge in [0.1, 0.15) is 0 Å². The van der Waals surface area contributed by atoms with Crippen molar-refractivity contribution in [3.8, 4) is 11.5 Å². The summed E-state index contributed by atoms with van der Waals surface area (Å²) in [5.74, 6) is 2.63. The maximum absolute atomic E-state index is 5.65. The van der Waals surface area contributed by atoms with E-state index in [0.29, 0.717) is 30.1 Å². The minimum atomic E-state index is 0.305. The van der Waals surface area contributed by atoms with Gasteiger partial charge in [-0.25, -0.2) is 0 Å². The molecule has 0 spiro atoms. The topological polar surface area (TPSA) is 69.4 Å². The zero-order valence-corrected chi connectivity index (χ0v) is 14.7. The molecule has 0 amide bonds. The molecular weight excluding hydrogens is 306 g/mol. The van der Waals surface area contributed by atoms with Crippen LogP contribution in [0.25, 0.3) is 12.2 Å². The van der Waals surface area contributed by atoms with Gasteiger partial charge in [-0.15, -0.1) is 0 Å². The second-order valence-corrected chi connectivity index (χ2v) is 5.53. The molecule has 0 aliphatic carbocycles. The van der Waals surface area contributed by atoms with Crippen LogP contribution in [0.3, 0.4) is 0 Å². The lowest BCUT2D eigenvalue weighted by atomic mass is 10.2. The second-order valence-electron chi connectivity index (χ2n) is 5.53. The molecule has 0 aliphatic rings. The molecule has 6 heteroatoms. The Morgan fingerprint density at radius 2 is 2.12 bits per heavy atom. The number of ether oxygens (including phenoxy) is 2. The molecular formula is C18H25N3O3. The fourth-order valence-corrected chi connectivity index (χ4v) is 2.08.